The molecule has 3 aromatic rings. The molecule has 4 N–H and O–H groups in total. The fourth-order valence-corrected chi connectivity index (χ4v) is 5.75. The number of amides is 5. The van der Waals surface area contributed by atoms with E-state index in [1.807, 2.05) is 11.0 Å². The van der Waals surface area contributed by atoms with E-state index < -0.39 is 46.9 Å². The zero-order valence-electron chi connectivity index (χ0n) is 29.1. The molecule has 0 aromatic heterocycles. The van der Waals surface area contributed by atoms with Crippen molar-refractivity contribution in [2.45, 2.75) is 51.4 Å². The molecule has 0 saturated carbocycles. The zero-order chi connectivity index (χ0) is 38.5. The highest BCUT2D eigenvalue weighted by Gasteiger charge is 2.36. The number of imide groups is 2. The van der Waals surface area contributed by atoms with Gasteiger partial charge in [-0.25, -0.2) is 0 Å². The number of anilines is 2. The monoisotopic (exact) mass is 726 g/mol. The van der Waals surface area contributed by atoms with Gasteiger partial charge in [0.05, 0.1) is 17.1 Å². The van der Waals surface area contributed by atoms with E-state index in [2.05, 4.69) is 27.8 Å². The number of hydrogen-bond acceptors (Lipinski definition) is 8. The Bertz CT molecular complexity index is 2050. The Morgan fingerprint density at radius 1 is 1.04 bits per heavy atom. The number of halogens is 3. The molecule has 274 valence electrons. The fourth-order valence-electron chi connectivity index (χ4n) is 5.75. The lowest BCUT2D eigenvalue weighted by molar-refractivity contribution is -0.139. The SMILES string of the molecule is Cc1ccc(N2CC(C#C/C(C=N)=C/NC(C)(C)C(=O)Nc3ccc(C(F)(F)F)cc3-c3ccccc3)C2)cc1C(=O)N(C=O)C1CCC(=O)NC1=O. The van der Waals surface area contributed by atoms with Crippen LogP contribution in [0.1, 0.15) is 48.2 Å². The van der Waals surface area contributed by atoms with Gasteiger partial charge in [-0.2, -0.15) is 13.2 Å². The molecule has 11 nitrogen and oxygen atoms in total. The molecule has 0 spiro atoms. The highest BCUT2D eigenvalue weighted by molar-refractivity contribution is 6.08. The number of carbonyl (C=O) groups excluding carboxylic acids is 5. The normalized spacial score (nSPS) is 16.4. The number of hydrogen-bond donors (Lipinski definition) is 4. The number of alkyl halides is 3. The van der Waals surface area contributed by atoms with E-state index in [0.29, 0.717) is 36.3 Å². The number of allylic oxidation sites excluding steroid dienone is 1. The summed E-state index contributed by atoms with van der Waals surface area (Å²) in [6.07, 6.45) is -1.73. The Morgan fingerprint density at radius 2 is 1.75 bits per heavy atom. The molecule has 1 unspecified atom stereocenters. The molecule has 0 radical (unpaired) electrons. The maximum Gasteiger partial charge on any atom is 0.416 e. The Hall–Kier alpha value is -6.23. The fraction of sp³-hybridized carbons (Fsp3) is 0.282. The number of rotatable bonds is 10. The van der Waals surface area contributed by atoms with E-state index in [0.717, 1.165) is 23.2 Å². The van der Waals surface area contributed by atoms with Crippen molar-refractivity contribution < 1.29 is 37.1 Å². The lowest BCUT2D eigenvalue weighted by atomic mass is 9.97. The summed E-state index contributed by atoms with van der Waals surface area (Å²) in [7, 11) is 0. The molecule has 0 bridgehead atoms. The van der Waals surface area contributed by atoms with Crippen LogP contribution in [0.4, 0.5) is 24.5 Å². The molecular weight excluding hydrogens is 689 g/mol. The van der Waals surface area contributed by atoms with Gasteiger partial charge in [-0.05, 0) is 68.7 Å². The van der Waals surface area contributed by atoms with Gasteiger partial charge < -0.3 is 20.9 Å². The van der Waals surface area contributed by atoms with Crippen LogP contribution in [0.25, 0.3) is 11.1 Å². The van der Waals surface area contributed by atoms with Crippen molar-refractivity contribution in [1.29, 1.82) is 5.41 Å². The van der Waals surface area contributed by atoms with Crippen LogP contribution in [-0.4, -0.2) is 65.8 Å². The lowest BCUT2D eigenvalue weighted by Crippen LogP contribution is -2.54. The molecule has 14 heteroatoms. The molecule has 5 rings (SSSR count). The summed E-state index contributed by atoms with van der Waals surface area (Å²) >= 11 is 0. The molecule has 1 atom stereocenters. The summed E-state index contributed by atoms with van der Waals surface area (Å²) in [5, 5.41) is 15.7. The standard InChI is InChI=1S/C39H37F3N6O5/c1-24-9-13-29(18-30(24)36(52)48(23-49)33-15-16-34(50)46-35(33)51)47-21-26(22-47)11-10-25(19-43)20-44-38(2,3)37(53)45-32-14-12-28(39(40,41)42)17-31(32)27-7-5-4-6-8-27/h4-9,12-14,17-20,23,26,33,43-44H,15-16,21-22H2,1-3H3,(H,45,53)(H,46,50,51)/b25-20-,43-19?. The minimum atomic E-state index is -4.56. The molecule has 2 aliphatic rings. The molecule has 3 aromatic carbocycles. The second-order valence-electron chi connectivity index (χ2n) is 13.2. The van der Waals surface area contributed by atoms with Crippen LogP contribution < -0.4 is 20.9 Å². The molecule has 2 fully saturated rings. The van der Waals surface area contributed by atoms with Crippen LogP contribution in [0.2, 0.25) is 0 Å². The molecular formula is C39H37F3N6O5. The van der Waals surface area contributed by atoms with Gasteiger partial charge in [-0.1, -0.05) is 48.2 Å². The molecule has 53 heavy (non-hydrogen) atoms. The van der Waals surface area contributed by atoms with Crippen molar-refractivity contribution in [2.75, 3.05) is 23.3 Å². The van der Waals surface area contributed by atoms with Crippen LogP contribution in [0, 0.1) is 30.1 Å². The highest BCUT2D eigenvalue weighted by atomic mass is 19.4. The Labute approximate surface area is 304 Å². The maximum atomic E-state index is 13.5. The lowest BCUT2D eigenvalue weighted by Gasteiger charge is -2.38. The van der Waals surface area contributed by atoms with Crippen LogP contribution in [0.3, 0.4) is 0 Å². The number of carbonyl (C=O) groups is 5. The summed E-state index contributed by atoms with van der Waals surface area (Å²) in [6, 6.07) is 15.7. The molecule has 0 aliphatic carbocycles. The first-order valence-corrected chi connectivity index (χ1v) is 16.7. The van der Waals surface area contributed by atoms with Gasteiger partial charge >= 0.3 is 6.18 Å². The predicted octanol–water partition coefficient (Wildman–Crippen LogP) is 5.06. The average molecular weight is 727 g/mol. The Balaban J connectivity index is 1.22. The summed E-state index contributed by atoms with van der Waals surface area (Å²) in [5.74, 6) is 3.64. The largest absolute Gasteiger partial charge is 0.416 e. The summed E-state index contributed by atoms with van der Waals surface area (Å²) in [5.41, 5.74) is 0.677. The Morgan fingerprint density at radius 3 is 2.40 bits per heavy atom. The van der Waals surface area contributed by atoms with E-state index in [9.17, 15) is 37.1 Å². The van der Waals surface area contributed by atoms with E-state index in [1.54, 1.807) is 63.2 Å². The first kappa shape index (κ1) is 38.0. The first-order valence-electron chi connectivity index (χ1n) is 16.7. The molecule has 2 aliphatic heterocycles. The Kier molecular flexibility index (Phi) is 11.2. The van der Waals surface area contributed by atoms with E-state index in [4.69, 9.17) is 5.41 Å². The van der Waals surface area contributed by atoms with E-state index in [1.165, 1.54) is 12.3 Å². The summed E-state index contributed by atoms with van der Waals surface area (Å²) < 4.78 is 40.5. The van der Waals surface area contributed by atoms with Crippen LogP contribution >= 0.6 is 0 Å². The minimum absolute atomic E-state index is 0.0170. The quantitative estimate of drug-likeness (QED) is 0.0987. The predicted molar refractivity (Wildman–Crippen MR) is 193 cm³/mol. The minimum Gasteiger partial charge on any atom is -0.377 e. The average Bonchev–Trinajstić information content (AvgIpc) is 3.10. The number of nitrogens with zero attached hydrogens (tertiary/aromatic N) is 2. The number of nitrogens with one attached hydrogen (secondary N) is 4. The second-order valence-corrected chi connectivity index (χ2v) is 13.2. The van der Waals surface area contributed by atoms with E-state index in [-0.39, 0.29) is 41.1 Å². The van der Waals surface area contributed by atoms with Crippen molar-refractivity contribution in [1.82, 2.24) is 15.5 Å². The van der Waals surface area contributed by atoms with Crippen molar-refractivity contribution in [3.63, 3.8) is 0 Å². The topological polar surface area (TPSA) is 152 Å². The van der Waals surface area contributed by atoms with Gasteiger partial charge in [-0.15, -0.1) is 0 Å². The third kappa shape index (κ3) is 8.81. The highest BCUT2D eigenvalue weighted by Crippen LogP contribution is 2.36. The van der Waals surface area contributed by atoms with Crippen molar-refractivity contribution in [3.8, 4) is 23.0 Å². The van der Waals surface area contributed by atoms with Gasteiger partial charge in [0.1, 0.15) is 11.6 Å². The third-order valence-electron chi connectivity index (χ3n) is 9.00. The van der Waals surface area contributed by atoms with Gasteiger partial charge in [0.15, 0.2) is 0 Å². The van der Waals surface area contributed by atoms with Gasteiger partial charge in [0, 0.05) is 54.4 Å². The van der Waals surface area contributed by atoms with Crippen LogP contribution in [0.5, 0.6) is 0 Å². The van der Waals surface area contributed by atoms with Crippen LogP contribution in [0.15, 0.2) is 78.5 Å². The van der Waals surface area contributed by atoms with Gasteiger partial charge in [-0.3, -0.25) is 34.2 Å². The zero-order valence-corrected chi connectivity index (χ0v) is 29.1. The van der Waals surface area contributed by atoms with Crippen molar-refractivity contribution in [3.05, 3.63) is 95.2 Å². The first-order chi connectivity index (χ1) is 25.1. The van der Waals surface area contributed by atoms with Crippen LogP contribution in [-0.2, 0) is 25.4 Å². The van der Waals surface area contributed by atoms with Gasteiger partial charge in [0.25, 0.3) is 5.91 Å². The number of piperidine rings is 1. The van der Waals surface area contributed by atoms with Crippen molar-refractivity contribution >= 4 is 47.6 Å². The molecule has 2 saturated heterocycles. The van der Waals surface area contributed by atoms with Gasteiger partial charge in [0.2, 0.25) is 24.1 Å². The second kappa shape index (κ2) is 15.6. The summed E-state index contributed by atoms with van der Waals surface area (Å²) in [4.78, 5) is 65.3. The number of aryl methyl sites for hydroxylation is 1. The molecule has 2 heterocycles. The maximum absolute atomic E-state index is 13.5. The van der Waals surface area contributed by atoms with Crippen molar-refractivity contribution in [2.24, 2.45) is 5.92 Å². The number of benzene rings is 3. The smallest absolute Gasteiger partial charge is 0.377 e. The third-order valence-corrected chi connectivity index (χ3v) is 9.00. The summed E-state index contributed by atoms with van der Waals surface area (Å²) in [6.45, 7) is 5.92. The molecule has 5 amide bonds. The van der Waals surface area contributed by atoms with E-state index >= 15 is 0 Å².